The molecule has 70 valence electrons. The van der Waals surface area contributed by atoms with E-state index in [1.165, 1.54) is 11.1 Å². The van der Waals surface area contributed by atoms with Gasteiger partial charge in [-0.2, -0.15) is 0 Å². The molecule has 0 saturated carbocycles. The van der Waals surface area contributed by atoms with Crippen LogP contribution in [0, 0.1) is 6.92 Å². The summed E-state index contributed by atoms with van der Waals surface area (Å²) in [5.74, 6) is 0.511. The number of hydrogen-bond acceptors (Lipinski definition) is 3. The van der Waals surface area contributed by atoms with Crippen molar-refractivity contribution >= 4 is 35.6 Å². The summed E-state index contributed by atoms with van der Waals surface area (Å²) < 4.78 is 0. The lowest BCUT2D eigenvalue weighted by molar-refractivity contribution is 1.03. The third kappa shape index (κ3) is 1.93. The summed E-state index contributed by atoms with van der Waals surface area (Å²) in [6.45, 7) is 2.75. The van der Waals surface area contributed by atoms with Crippen LogP contribution in [0.4, 0.5) is 5.69 Å². The van der Waals surface area contributed by atoms with Gasteiger partial charge in [-0.05, 0) is 18.1 Å². The van der Waals surface area contributed by atoms with Crippen LogP contribution in [0.1, 0.15) is 11.1 Å². The topological polar surface area (TPSA) is 50.4 Å². The number of halogens is 1. The van der Waals surface area contributed by atoms with E-state index in [4.69, 9.17) is 5.73 Å². The molecule has 0 aromatic heterocycles. The number of fused-ring (bicyclic) bond motifs is 1. The molecule has 0 bridgehead atoms. The Morgan fingerprint density at radius 2 is 2.23 bits per heavy atom. The largest absolute Gasteiger partial charge is 0.370 e. The van der Waals surface area contributed by atoms with Crippen molar-refractivity contribution in [2.75, 3.05) is 5.32 Å². The van der Waals surface area contributed by atoms with E-state index in [0.29, 0.717) is 12.5 Å². The second-order valence-electron chi connectivity index (χ2n) is 2.94. The van der Waals surface area contributed by atoms with Gasteiger partial charge in [-0.3, -0.25) is 0 Å². The predicted octanol–water partition coefficient (Wildman–Crippen LogP) is 1.85. The Kier molecular flexibility index (Phi) is 3.13. The summed E-state index contributed by atoms with van der Waals surface area (Å²) in [4.78, 5) is 4.10. The van der Waals surface area contributed by atoms with Crippen molar-refractivity contribution in [3.8, 4) is 0 Å². The first-order chi connectivity index (χ1) is 5.77. The van der Waals surface area contributed by atoms with E-state index in [0.717, 1.165) is 5.69 Å². The number of nitrogens with one attached hydrogen (secondary N) is 1. The van der Waals surface area contributed by atoms with Gasteiger partial charge in [0, 0.05) is 5.69 Å². The van der Waals surface area contributed by atoms with E-state index < -0.39 is 0 Å². The van der Waals surface area contributed by atoms with Gasteiger partial charge in [0.15, 0.2) is 5.96 Å². The lowest BCUT2D eigenvalue weighted by Crippen LogP contribution is -2.26. The van der Waals surface area contributed by atoms with E-state index in [1.54, 1.807) is 0 Å². The molecular weight excluding hydrogens is 277 g/mol. The molecule has 1 aromatic rings. The van der Waals surface area contributed by atoms with Crippen molar-refractivity contribution in [3.63, 3.8) is 0 Å². The molecule has 3 nitrogen and oxygen atoms in total. The number of rotatable bonds is 0. The highest BCUT2D eigenvalue weighted by molar-refractivity contribution is 14.0. The van der Waals surface area contributed by atoms with Crippen molar-refractivity contribution in [3.05, 3.63) is 29.3 Å². The van der Waals surface area contributed by atoms with Gasteiger partial charge in [0.1, 0.15) is 0 Å². The van der Waals surface area contributed by atoms with E-state index in [2.05, 4.69) is 29.4 Å². The molecule has 1 aliphatic heterocycles. The summed E-state index contributed by atoms with van der Waals surface area (Å²) in [5.41, 5.74) is 9.10. The van der Waals surface area contributed by atoms with Crippen molar-refractivity contribution in [2.45, 2.75) is 13.5 Å². The number of nitrogens with two attached hydrogens (primary N) is 1. The summed E-state index contributed by atoms with van der Waals surface area (Å²) >= 11 is 0. The molecule has 3 N–H and O–H groups in total. The lowest BCUT2D eigenvalue weighted by Gasteiger charge is -2.17. The van der Waals surface area contributed by atoms with Crippen molar-refractivity contribution in [2.24, 2.45) is 10.7 Å². The Morgan fingerprint density at radius 1 is 1.46 bits per heavy atom. The molecule has 0 atom stereocenters. The second-order valence-corrected chi connectivity index (χ2v) is 2.94. The summed E-state index contributed by atoms with van der Waals surface area (Å²) in [5, 5.41) is 3.06. The Hall–Kier alpha value is -0.780. The molecular formula is C9H12IN3. The van der Waals surface area contributed by atoms with Crippen LogP contribution in [0.2, 0.25) is 0 Å². The SMILES string of the molecule is Cc1cccc2c1NC(N)=NC2.I. The zero-order valence-electron chi connectivity index (χ0n) is 7.37. The Balaban J connectivity index is 0.000000845. The first-order valence-electron chi connectivity index (χ1n) is 3.93. The highest BCUT2D eigenvalue weighted by Gasteiger charge is 2.09. The number of para-hydroxylation sites is 1. The van der Waals surface area contributed by atoms with E-state index in [-0.39, 0.29) is 24.0 Å². The number of aryl methyl sites for hydroxylation is 1. The number of guanidine groups is 1. The third-order valence-corrected chi connectivity index (χ3v) is 2.03. The third-order valence-electron chi connectivity index (χ3n) is 2.03. The number of hydrogen-bond donors (Lipinski definition) is 2. The molecule has 0 aliphatic carbocycles. The van der Waals surface area contributed by atoms with Crippen LogP contribution in [-0.4, -0.2) is 5.96 Å². The van der Waals surface area contributed by atoms with Crippen LogP contribution in [0.5, 0.6) is 0 Å². The molecule has 1 aromatic carbocycles. The van der Waals surface area contributed by atoms with Crippen molar-refractivity contribution in [1.29, 1.82) is 0 Å². The monoisotopic (exact) mass is 289 g/mol. The fourth-order valence-electron chi connectivity index (χ4n) is 1.38. The minimum absolute atomic E-state index is 0. The van der Waals surface area contributed by atoms with Gasteiger partial charge in [-0.1, -0.05) is 18.2 Å². The highest BCUT2D eigenvalue weighted by atomic mass is 127. The molecule has 0 saturated heterocycles. The maximum atomic E-state index is 5.56. The highest BCUT2D eigenvalue weighted by Crippen LogP contribution is 2.23. The average Bonchev–Trinajstić information content (AvgIpc) is 2.07. The van der Waals surface area contributed by atoms with Crippen LogP contribution < -0.4 is 11.1 Å². The zero-order chi connectivity index (χ0) is 8.55. The van der Waals surface area contributed by atoms with E-state index in [1.807, 2.05) is 6.07 Å². The van der Waals surface area contributed by atoms with Gasteiger partial charge in [-0.15, -0.1) is 24.0 Å². The number of benzene rings is 1. The van der Waals surface area contributed by atoms with Gasteiger partial charge in [0.2, 0.25) is 0 Å². The molecule has 0 unspecified atom stereocenters. The molecule has 13 heavy (non-hydrogen) atoms. The van der Waals surface area contributed by atoms with Gasteiger partial charge < -0.3 is 11.1 Å². The van der Waals surface area contributed by atoms with Crippen LogP contribution in [0.25, 0.3) is 0 Å². The summed E-state index contributed by atoms with van der Waals surface area (Å²) in [7, 11) is 0. The van der Waals surface area contributed by atoms with E-state index in [9.17, 15) is 0 Å². The Bertz CT molecular complexity index is 347. The maximum absolute atomic E-state index is 5.56. The Labute approximate surface area is 94.4 Å². The summed E-state index contributed by atoms with van der Waals surface area (Å²) in [6.07, 6.45) is 0. The first-order valence-corrected chi connectivity index (χ1v) is 3.93. The van der Waals surface area contributed by atoms with Crippen molar-refractivity contribution in [1.82, 2.24) is 0 Å². The van der Waals surface area contributed by atoms with Gasteiger partial charge in [-0.25, -0.2) is 4.99 Å². The molecule has 4 heteroatoms. The molecule has 0 amide bonds. The molecule has 0 fully saturated rings. The van der Waals surface area contributed by atoms with Crippen molar-refractivity contribution < 1.29 is 0 Å². The second kappa shape index (κ2) is 3.95. The van der Waals surface area contributed by atoms with Gasteiger partial charge >= 0.3 is 0 Å². The van der Waals surface area contributed by atoms with Crippen LogP contribution in [0.15, 0.2) is 23.2 Å². The molecule has 1 heterocycles. The first kappa shape index (κ1) is 10.3. The van der Waals surface area contributed by atoms with Crippen LogP contribution >= 0.6 is 24.0 Å². The summed E-state index contributed by atoms with van der Waals surface area (Å²) in [6, 6.07) is 6.16. The van der Waals surface area contributed by atoms with E-state index >= 15 is 0 Å². The Morgan fingerprint density at radius 3 is 3.00 bits per heavy atom. The van der Waals surface area contributed by atoms with Gasteiger partial charge in [0.05, 0.1) is 6.54 Å². The molecule has 1 aliphatic rings. The van der Waals surface area contributed by atoms with Crippen LogP contribution in [-0.2, 0) is 6.54 Å². The molecule has 2 rings (SSSR count). The normalized spacial score (nSPS) is 13.5. The smallest absolute Gasteiger partial charge is 0.193 e. The van der Waals surface area contributed by atoms with Crippen LogP contribution in [0.3, 0.4) is 0 Å². The predicted molar refractivity (Wildman–Crippen MR) is 65.5 cm³/mol. The standard InChI is InChI=1S/C9H11N3.HI/c1-6-3-2-4-7-5-11-9(10)12-8(6)7;/h2-4H,5H2,1H3,(H3,10,11,12);1H. The quantitative estimate of drug-likeness (QED) is 0.716. The fraction of sp³-hybridized carbons (Fsp3) is 0.222. The number of nitrogens with zero attached hydrogens (tertiary/aromatic N) is 1. The minimum atomic E-state index is 0. The fourth-order valence-corrected chi connectivity index (χ4v) is 1.38. The lowest BCUT2D eigenvalue weighted by atomic mass is 10.1. The molecule has 0 radical (unpaired) electrons. The minimum Gasteiger partial charge on any atom is -0.370 e. The maximum Gasteiger partial charge on any atom is 0.193 e. The number of anilines is 1. The molecule has 0 spiro atoms. The van der Waals surface area contributed by atoms with Gasteiger partial charge in [0.25, 0.3) is 0 Å². The zero-order valence-corrected chi connectivity index (χ0v) is 9.70. The average molecular weight is 289 g/mol. The number of aliphatic imine (C=N–C) groups is 1.